The quantitative estimate of drug-likeness (QED) is 0.817. The molecular formula is C12H19N5O. The predicted molar refractivity (Wildman–Crippen MR) is 69.6 cm³/mol. The Morgan fingerprint density at radius 2 is 2.28 bits per heavy atom. The summed E-state index contributed by atoms with van der Waals surface area (Å²) < 4.78 is 3.02. The molecule has 6 heteroatoms. The number of hydrogen-bond donors (Lipinski definition) is 1. The topological polar surface area (TPSA) is 64.2 Å². The zero-order valence-electron chi connectivity index (χ0n) is 10.8. The van der Waals surface area contributed by atoms with Crippen LogP contribution in [0.4, 0.5) is 0 Å². The van der Waals surface area contributed by atoms with Crippen molar-refractivity contribution in [1.82, 2.24) is 24.5 Å². The smallest absolute Gasteiger partial charge is 0.312 e. The summed E-state index contributed by atoms with van der Waals surface area (Å²) in [5, 5.41) is 7.69. The molecule has 2 aromatic rings. The molecule has 18 heavy (non-hydrogen) atoms. The van der Waals surface area contributed by atoms with Gasteiger partial charge >= 0.3 is 5.69 Å². The molecule has 0 bridgehead atoms. The summed E-state index contributed by atoms with van der Waals surface area (Å²) in [6.07, 6.45) is 6.88. The van der Waals surface area contributed by atoms with Gasteiger partial charge in [-0.05, 0) is 19.4 Å². The molecule has 0 aliphatic carbocycles. The third-order valence-electron chi connectivity index (χ3n) is 2.96. The van der Waals surface area contributed by atoms with Gasteiger partial charge in [0.05, 0.1) is 12.7 Å². The summed E-state index contributed by atoms with van der Waals surface area (Å²) in [6.45, 7) is 5.79. The van der Waals surface area contributed by atoms with Crippen molar-refractivity contribution in [1.29, 1.82) is 0 Å². The van der Waals surface area contributed by atoms with Crippen molar-refractivity contribution < 1.29 is 0 Å². The highest BCUT2D eigenvalue weighted by Crippen LogP contribution is 1.97. The van der Waals surface area contributed by atoms with E-state index >= 15 is 0 Å². The summed E-state index contributed by atoms with van der Waals surface area (Å²) in [4.78, 5) is 16.0. The van der Waals surface area contributed by atoms with Gasteiger partial charge in [0, 0.05) is 18.4 Å². The first-order valence-electron chi connectivity index (χ1n) is 6.38. The first-order chi connectivity index (χ1) is 8.76. The summed E-state index contributed by atoms with van der Waals surface area (Å²) in [5.41, 5.74) is 0.483. The Hall–Kier alpha value is -1.69. The molecule has 0 radical (unpaired) electrons. The van der Waals surface area contributed by atoms with Gasteiger partial charge in [-0.15, -0.1) is 5.10 Å². The Kier molecular flexibility index (Phi) is 4.09. The molecule has 98 valence electrons. The van der Waals surface area contributed by atoms with Gasteiger partial charge in [-0.25, -0.2) is 13.9 Å². The molecule has 1 unspecified atom stereocenters. The third kappa shape index (κ3) is 2.59. The summed E-state index contributed by atoms with van der Waals surface area (Å²) >= 11 is 0. The largest absolute Gasteiger partial charge is 0.350 e. The summed E-state index contributed by atoms with van der Waals surface area (Å²) in [7, 11) is 0. The Morgan fingerprint density at radius 3 is 2.94 bits per heavy atom. The lowest BCUT2D eigenvalue weighted by Crippen LogP contribution is -2.36. The normalized spacial score (nSPS) is 13.0. The van der Waals surface area contributed by atoms with Gasteiger partial charge in [-0.1, -0.05) is 13.8 Å². The van der Waals surface area contributed by atoms with E-state index in [0.29, 0.717) is 12.2 Å². The molecule has 0 saturated carbocycles. The lowest BCUT2D eigenvalue weighted by molar-refractivity contribution is 0.410. The van der Waals surface area contributed by atoms with Gasteiger partial charge in [0.25, 0.3) is 0 Å². The molecule has 2 heterocycles. The predicted octanol–water partition coefficient (Wildman–Crippen LogP) is 0.669. The fraction of sp³-hybridized carbons (Fsp3) is 0.583. The maximum Gasteiger partial charge on any atom is 0.350 e. The second kappa shape index (κ2) is 5.77. The molecule has 0 amide bonds. The van der Waals surface area contributed by atoms with Crippen LogP contribution < -0.4 is 11.0 Å². The standard InChI is InChI=1S/C12H19N5O/c1-3-5-14-10(4-2)9-17-12(18)16-7-6-13-8-11(16)15-17/h6-8,10,14H,3-5,9H2,1-2H3. The molecule has 1 N–H and O–H groups in total. The lowest BCUT2D eigenvalue weighted by Gasteiger charge is -2.15. The van der Waals surface area contributed by atoms with Crippen LogP contribution in [0, 0.1) is 0 Å². The van der Waals surface area contributed by atoms with Crippen molar-refractivity contribution in [3.8, 4) is 0 Å². The fourth-order valence-corrected chi connectivity index (χ4v) is 1.89. The van der Waals surface area contributed by atoms with E-state index in [2.05, 4.69) is 29.2 Å². The molecule has 1 atom stereocenters. The average Bonchev–Trinajstić information content (AvgIpc) is 2.72. The molecule has 0 spiro atoms. The maximum absolute atomic E-state index is 12.1. The second-order valence-corrected chi connectivity index (χ2v) is 4.33. The molecule has 0 aromatic carbocycles. The van der Waals surface area contributed by atoms with Gasteiger partial charge in [-0.3, -0.25) is 4.98 Å². The molecule has 0 aliphatic heterocycles. The van der Waals surface area contributed by atoms with Gasteiger partial charge in [-0.2, -0.15) is 0 Å². The minimum atomic E-state index is -0.107. The number of nitrogens with one attached hydrogen (secondary N) is 1. The Bertz CT molecular complexity index is 559. The number of aromatic nitrogens is 4. The minimum absolute atomic E-state index is 0.107. The molecule has 6 nitrogen and oxygen atoms in total. The van der Waals surface area contributed by atoms with Crippen molar-refractivity contribution in [2.24, 2.45) is 0 Å². The van der Waals surface area contributed by atoms with E-state index in [-0.39, 0.29) is 11.7 Å². The highest BCUT2D eigenvalue weighted by Gasteiger charge is 2.11. The van der Waals surface area contributed by atoms with E-state index < -0.39 is 0 Å². The van der Waals surface area contributed by atoms with E-state index in [1.807, 2.05) is 0 Å². The monoisotopic (exact) mass is 249 g/mol. The Balaban J connectivity index is 2.20. The van der Waals surface area contributed by atoms with Gasteiger partial charge in [0.1, 0.15) is 0 Å². The molecule has 2 aromatic heterocycles. The highest BCUT2D eigenvalue weighted by molar-refractivity contribution is 5.31. The van der Waals surface area contributed by atoms with E-state index in [1.54, 1.807) is 18.6 Å². The van der Waals surface area contributed by atoms with Crippen molar-refractivity contribution >= 4 is 5.65 Å². The van der Waals surface area contributed by atoms with Gasteiger partial charge in [0.2, 0.25) is 0 Å². The molecule has 0 saturated heterocycles. The molecule has 0 fully saturated rings. The lowest BCUT2D eigenvalue weighted by atomic mass is 10.2. The van der Waals surface area contributed by atoms with Crippen molar-refractivity contribution in [3.63, 3.8) is 0 Å². The van der Waals surface area contributed by atoms with Crippen LogP contribution in [0.1, 0.15) is 26.7 Å². The van der Waals surface area contributed by atoms with Crippen molar-refractivity contribution in [2.45, 2.75) is 39.3 Å². The number of nitrogens with zero attached hydrogens (tertiary/aromatic N) is 4. The van der Waals surface area contributed by atoms with E-state index in [9.17, 15) is 4.79 Å². The summed E-state index contributed by atoms with van der Waals surface area (Å²) in [6, 6.07) is 0.278. The van der Waals surface area contributed by atoms with Crippen LogP contribution in [0.25, 0.3) is 5.65 Å². The van der Waals surface area contributed by atoms with Crippen LogP contribution in [-0.2, 0) is 6.54 Å². The maximum atomic E-state index is 12.1. The van der Waals surface area contributed by atoms with E-state index in [4.69, 9.17) is 0 Å². The molecular weight excluding hydrogens is 230 g/mol. The number of hydrogen-bond acceptors (Lipinski definition) is 4. The van der Waals surface area contributed by atoms with Crippen molar-refractivity contribution in [3.05, 3.63) is 29.1 Å². The SMILES string of the molecule is CCCNC(CC)Cn1nc2cnccn2c1=O. The third-order valence-corrected chi connectivity index (χ3v) is 2.96. The molecule has 0 aliphatic rings. The van der Waals surface area contributed by atoms with E-state index in [0.717, 1.165) is 19.4 Å². The van der Waals surface area contributed by atoms with Crippen LogP contribution in [0.2, 0.25) is 0 Å². The van der Waals surface area contributed by atoms with Crippen LogP contribution >= 0.6 is 0 Å². The van der Waals surface area contributed by atoms with Crippen LogP contribution in [0.3, 0.4) is 0 Å². The second-order valence-electron chi connectivity index (χ2n) is 4.33. The minimum Gasteiger partial charge on any atom is -0.312 e. The van der Waals surface area contributed by atoms with E-state index in [1.165, 1.54) is 9.08 Å². The zero-order valence-corrected chi connectivity index (χ0v) is 10.8. The summed E-state index contributed by atoms with van der Waals surface area (Å²) in [5.74, 6) is 0. The van der Waals surface area contributed by atoms with Crippen LogP contribution in [-0.4, -0.2) is 31.8 Å². The van der Waals surface area contributed by atoms with Crippen LogP contribution in [0.5, 0.6) is 0 Å². The van der Waals surface area contributed by atoms with Crippen molar-refractivity contribution in [2.75, 3.05) is 6.54 Å². The van der Waals surface area contributed by atoms with Crippen LogP contribution in [0.15, 0.2) is 23.4 Å². The van der Waals surface area contributed by atoms with Gasteiger partial charge in [0.15, 0.2) is 5.65 Å². The average molecular weight is 249 g/mol. The first kappa shape index (κ1) is 12.8. The Morgan fingerprint density at radius 1 is 1.44 bits per heavy atom. The Labute approximate surface area is 106 Å². The number of rotatable bonds is 6. The first-order valence-corrected chi connectivity index (χ1v) is 6.38. The fourth-order valence-electron chi connectivity index (χ4n) is 1.89. The molecule has 2 rings (SSSR count). The zero-order chi connectivity index (χ0) is 13.0. The number of fused-ring (bicyclic) bond motifs is 1. The van der Waals surface area contributed by atoms with Gasteiger partial charge < -0.3 is 5.32 Å². The highest BCUT2D eigenvalue weighted by atomic mass is 16.2.